The van der Waals surface area contributed by atoms with Crippen LogP contribution in [-0.2, 0) is 29.0 Å². The average Bonchev–Trinajstić information content (AvgIpc) is 3.23. The second-order valence-electron chi connectivity index (χ2n) is 6.35. The highest BCUT2D eigenvalue weighted by molar-refractivity contribution is 5.68. The Morgan fingerprint density at radius 3 is 3.12 bits per heavy atom. The van der Waals surface area contributed by atoms with Crippen LogP contribution < -0.4 is 0 Å². The number of nitrogens with zero attached hydrogens (tertiary/aromatic N) is 4. The Morgan fingerprint density at radius 1 is 1.42 bits per heavy atom. The molecule has 6 heteroatoms. The molecule has 1 aliphatic heterocycles. The zero-order chi connectivity index (χ0) is 16.8. The number of carbonyl (C=O) groups excluding carboxylic acids is 1. The van der Waals surface area contributed by atoms with Gasteiger partial charge >= 0.3 is 5.97 Å². The Hall–Kier alpha value is -2.21. The van der Waals surface area contributed by atoms with Crippen LogP contribution in [0, 0.1) is 5.92 Å². The zero-order valence-electron chi connectivity index (χ0n) is 14.1. The minimum atomic E-state index is -0.205. The molecule has 0 aromatic carbocycles. The molecule has 3 rings (SSSR count). The number of aryl methyl sites for hydroxylation is 1. The number of hydrogen-bond donors (Lipinski definition) is 0. The summed E-state index contributed by atoms with van der Waals surface area (Å²) in [5.74, 6) is 0.471. The predicted octanol–water partition coefficient (Wildman–Crippen LogP) is 1.91. The van der Waals surface area contributed by atoms with Crippen molar-refractivity contribution in [2.24, 2.45) is 5.92 Å². The molecule has 1 saturated heterocycles. The van der Waals surface area contributed by atoms with Gasteiger partial charge in [-0.2, -0.15) is 5.10 Å². The Morgan fingerprint density at radius 2 is 2.33 bits per heavy atom. The number of aromatic nitrogens is 3. The Labute approximate surface area is 142 Å². The second kappa shape index (κ2) is 8.06. The Kier molecular flexibility index (Phi) is 5.59. The van der Waals surface area contributed by atoms with E-state index in [2.05, 4.69) is 31.9 Å². The van der Waals surface area contributed by atoms with Crippen molar-refractivity contribution < 1.29 is 9.53 Å². The van der Waals surface area contributed by atoms with E-state index in [1.807, 2.05) is 29.3 Å². The van der Waals surface area contributed by atoms with Gasteiger partial charge in [-0.1, -0.05) is 6.07 Å². The van der Waals surface area contributed by atoms with Crippen molar-refractivity contribution in [3.05, 3.63) is 48.0 Å². The molecule has 128 valence electrons. The highest BCUT2D eigenvalue weighted by Crippen LogP contribution is 2.21. The summed E-state index contributed by atoms with van der Waals surface area (Å²) in [5, 5.41) is 4.32. The number of carbonyl (C=O) groups is 1. The number of likely N-dealkylation sites (tertiary alicyclic amines) is 1. The van der Waals surface area contributed by atoms with Gasteiger partial charge in [0.15, 0.2) is 0 Å². The van der Waals surface area contributed by atoms with Gasteiger partial charge in [0.2, 0.25) is 0 Å². The first-order chi connectivity index (χ1) is 11.7. The van der Waals surface area contributed by atoms with Gasteiger partial charge in [0.25, 0.3) is 0 Å². The number of ether oxygens (including phenoxy) is 1. The fraction of sp³-hybridized carbons (Fsp3) is 0.500. The molecule has 0 aliphatic carbocycles. The predicted molar refractivity (Wildman–Crippen MR) is 90.2 cm³/mol. The third-order valence-electron chi connectivity index (χ3n) is 4.46. The van der Waals surface area contributed by atoms with Crippen LogP contribution in [0.4, 0.5) is 0 Å². The van der Waals surface area contributed by atoms with Crippen LogP contribution in [0.3, 0.4) is 0 Å². The van der Waals surface area contributed by atoms with Crippen LogP contribution in [-0.4, -0.2) is 45.8 Å². The fourth-order valence-corrected chi connectivity index (χ4v) is 3.21. The normalized spacial score (nSPS) is 18.0. The van der Waals surface area contributed by atoms with Crippen molar-refractivity contribution in [2.75, 3.05) is 20.2 Å². The quantitative estimate of drug-likeness (QED) is 0.727. The van der Waals surface area contributed by atoms with E-state index in [9.17, 15) is 4.79 Å². The van der Waals surface area contributed by atoms with Crippen LogP contribution in [0.1, 0.15) is 24.1 Å². The van der Waals surface area contributed by atoms with Gasteiger partial charge in [0.05, 0.1) is 26.3 Å². The molecule has 0 radical (unpaired) electrons. The summed E-state index contributed by atoms with van der Waals surface area (Å²) < 4.78 is 6.47. The minimum absolute atomic E-state index is 0.205. The molecule has 1 unspecified atom stereocenters. The lowest BCUT2D eigenvalue weighted by Gasteiger charge is -2.14. The summed E-state index contributed by atoms with van der Waals surface area (Å²) in [4.78, 5) is 18.1. The lowest BCUT2D eigenvalue weighted by atomic mass is 10.0. The van der Waals surface area contributed by atoms with Crippen molar-refractivity contribution in [1.82, 2.24) is 19.7 Å². The molecule has 0 bridgehead atoms. The van der Waals surface area contributed by atoms with E-state index < -0.39 is 0 Å². The summed E-state index contributed by atoms with van der Waals surface area (Å²) in [7, 11) is 1.41. The van der Waals surface area contributed by atoms with Crippen LogP contribution >= 0.6 is 0 Å². The number of hydrogen-bond acceptors (Lipinski definition) is 5. The molecule has 0 spiro atoms. The molecular formula is C18H24N4O2. The summed E-state index contributed by atoms with van der Waals surface area (Å²) in [6, 6.07) is 6.12. The number of rotatable bonds is 7. The van der Waals surface area contributed by atoms with E-state index in [0.29, 0.717) is 18.9 Å². The first-order valence-corrected chi connectivity index (χ1v) is 8.43. The molecule has 1 atom stereocenters. The first kappa shape index (κ1) is 16.6. The third-order valence-corrected chi connectivity index (χ3v) is 4.46. The number of methoxy groups -OCH3 is 1. The molecule has 2 aromatic heterocycles. The van der Waals surface area contributed by atoms with Gasteiger partial charge in [-0.25, -0.2) is 0 Å². The van der Waals surface area contributed by atoms with Crippen molar-refractivity contribution >= 4 is 5.97 Å². The van der Waals surface area contributed by atoms with Gasteiger partial charge in [0, 0.05) is 36.7 Å². The Balaban J connectivity index is 1.45. The monoisotopic (exact) mass is 328 g/mol. The second-order valence-corrected chi connectivity index (χ2v) is 6.35. The number of pyridine rings is 1. The molecule has 0 amide bonds. The van der Waals surface area contributed by atoms with Crippen LogP contribution in [0.25, 0.3) is 0 Å². The maximum absolute atomic E-state index is 11.2. The third kappa shape index (κ3) is 4.64. The smallest absolute Gasteiger partial charge is 0.307 e. The molecule has 0 N–H and O–H groups in total. The molecular weight excluding hydrogens is 304 g/mol. The topological polar surface area (TPSA) is 60.2 Å². The van der Waals surface area contributed by atoms with Gasteiger partial charge in [-0.05, 0) is 37.4 Å². The molecule has 6 nitrogen and oxygen atoms in total. The summed E-state index contributed by atoms with van der Waals surface area (Å²) in [6.45, 7) is 3.70. The minimum Gasteiger partial charge on any atom is -0.469 e. The lowest BCUT2D eigenvalue weighted by Crippen LogP contribution is -2.20. The van der Waals surface area contributed by atoms with E-state index in [1.165, 1.54) is 24.8 Å². The molecule has 24 heavy (non-hydrogen) atoms. The molecule has 0 saturated carbocycles. The van der Waals surface area contributed by atoms with E-state index >= 15 is 0 Å². The molecule has 3 heterocycles. The van der Waals surface area contributed by atoms with Crippen molar-refractivity contribution in [2.45, 2.75) is 32.4 Å². The largest absolute Gasteiger partial charge is 0.469 e. The van der Waals surface area contributed by atoms with Crippen molar-refractivity contribution in [3.8, 4) is 0 Å². The molecule has 2 aromatic rings. The van der Waals surface area contributed by atoms with Crippen LogP contribution in [0.15, 0.2) is 36.8 Å². The average molecular weight is 328 g/mol. The summed E-state index contributed by atoms with van der Waals surface area (Å²) in [6.07, 6.45) is 8.40. The van der Waals surface area contributed by atoms with E-state index in [1.54, 1.807) is 0 Å². The van der Waals surface area contributed by atoms with Gasteiger partial charge in [-0.15, -0.1) is 0 Å². The lowest BCUT2D eigenvalue weighted by molar-refractivity contribution is -0.140. The van der Waals surface area contributed by atoms with Crippen LogP contribution in [0.2, 0.25) is 0 Å². The zero-order valence-corrected chi connectivity index (χ0v) is 14.1. The van der Waals surface area contributed by atoms with Gasteiger partial charge in [0.1, 0.15) is 0 Å². The Bertz CT molecular complexity index is 656. The molecule has 1 aliphatic rings. The molecule has 1 fully saturated rings. The summed E-state index contributed by atoms with van der Waals surface area (Å²) >= 11 is 0. The van der Waals surface area contributed by atoms with Crippen molar-refractivity contribution in [1.29, 1.82) is 0 Å². The van der Waals surface area contributed by atoms with E-state index in [-0.39, 0.29) is 5.97 Å². The van der Waals surface area contributed by atoms with E-state index in [0.717, 1.165) is 26.1 Å². The van der Waals surface area contributed by atoms with Crippen molar-refractivity contribution in [3.63, 3.8) is 0 Å². The fourth-order valence-electron chi connectivity index (χ4n) is 3.21. The maximum Gasteiger partial charge on any atom is 0.307 e. The standard InChI is InChI=1S/C18H24N4O2/c1-24-18(23)6-9-22-14-16(11-20-22)13-21-8-5-15(12-21)10-17-4-2-3-7-19-17/h2-4,7,11,14-15H,5-6,8-10,12-13H2,1H3. The van der Waals surface area contributed by atoms with Gasteiger partial charge < -0.3 is 4.74 Å². The van der Waals surface area contributed by atoms with E-state index in [4.69, 9.17) is 0 Å². The highest BCUT2D eigenvalue weighted by Gasteiger charge is 2.23. The number of esters is 1. The first-order valence-electron chi connectivity index (χ1n) is 8.43. The van der Waals surface area contributed by atoms with Crippen LogP contribution in [0.5, 0.6) is 0 Å². The highest BCUT2D eigenvalue weighted by atomic mass is 16.5. The SMILES string of the molecule is COC(=O)CCn1cc(CN2CCC(Cc3ccccn3)C2)cn1. The maximum atomic E-state index is 11.2. The van der Waals surface area contributed by atoms with Gasteiger partial charge in [-0.3, -0.25) is 19.4 Å². The summed E-state index contributed by atoms with van der Waals surface area (Å²) in [5.41, 5.74) is 2.37.